The lowest BCUT2D eigenvalue weighted by atomic mass is 9.94. The molecule has 4 rings (SSSR count). The Bertz CT molecular complexity index is 914. The maximum atomic E-state index is 9.75. The van der Waals surface area contributed by atoms with Gasteiger partial charge in [0.15, 0.2) is 0 Å². The van der Waals surface area contributed by atoms with Crippen molar-refractivity contribution in [2.45, 2.75) is 18.8 Å². The highest BCUT2D eigenvalue weighted by Crippen LogP contribution is 2.44. The molecule has 0 radical (unpaired) electrons. The average Bonchev–Trinajstić information content (AvgIpc) is 3.18. The second kappa shape index (κ2) is 3.15. The first-order chi connectivity index (χ1) is 9.09. The molecule has 0 aromatic heterocycles. The molecule has 1 fully saturated rings. The number of anilines is 3. The van der Waals surface area contributed by atoms with Gasteiger partial charge >= 0.3 is 0 Å². The fraction of sp³-hybridized carbons (Fsp3) is 0.200. The van der Waals surface area contributed by atoms with Crippen LogP contribution in [0.5, 0.6) is 5.75 Å². The molecule has 0 atom stereocenters. The van der Waals surface area contributed by atoms with Crippen LogP contribution in [0, 0.1) is 20.9 Å². The summed E-state index contributed by atoms with van der Waals surface area (Å²) < 4.78 is 0. The summed E-state index contributed by atoms with van der Waals surface area (Å²) in [5, 5.41) is 13.6. The van der Waals surface area contributed by atoms with E-state index in [4.69, 9.17) is 17.2 Å². The van der Waals surface area contributed by atoms with E-state index in [0.717, 1.165) is 26.6 Å². The van der Waals surface area contributed by atoms with E-state index in [-0.39, 0.29) is 11.4 Å². The monoisotopic (exact) mass is 253 g/mol. The topological polar surface area (TPSA) is 98.3 Å². The Kier molecular flexibility index (Phi) is 1.75. The molecule has 96 valence electrons. The van der Waals surface area contributed by atoms with Gasteiger partial charge in [-0.3, -0.25) is 0 Å². The summed E-state index contributed by atoms with van der Waals surface area (Å²) in [5.74, 6) is 0.636. The number of nitrogens with two attached hydrogens (primary N) is 3. The van der Waals surface area contributed by atoms with E-state index in [1.807, 2.05) is 0 Å². The van der Waals surface area contributed by atoms with Crippen LogP contribution in [-0.4, -0.2) is 5.11 Å². The number of phenols is 1. The summed E-state index contributed by atoms with van der Waals surface area (Å²) >= 11 is 0. The highest BCUT2D eigenvalue weighted by molar-refractivity contribution is 5.74. The summed E-state index contributed by atoms with van der Waals surface area (Å²) in [7, 11) is 0. The van der Waals surface area contributed by atoms with E-state index in [9.17, 15) is 5.11 Å². The zero-order chi connectivity index (χ0) is 13.3. The van der Waals surface area contributed by atoms with Gasteiger partial charge in [0.1, 0.15) is 5.75 Å². The van der Waals surface area contributed by atoms with Gasteiger partial charge in [-0.15, -0.1) is 0 Å². The lowest BCUT2D eigenvalue weighted by Gasteiger charge is -2.15. The van der Waals surface area contributed by atoms with Crippen molar-refractivity contribution in [3.05, 3.63) is 44.6 Å². The van der Waals surface area contributed by atoms with Gasteiger partial charge in [0.25, 0.3) is 0 Å². The summed E-state index contributed by atoms with van der Waals surface area (Å²) in [4.78, 5) is 0. The molecule has 0 aliphatic heterocycles. The maximum Gasteiger partial charge on any atom is 0.141 e. The van der Waals surface area contributed by atoms with E-state index >= 15 is 0 Å². The van der Waals surface area contributed by atoms with Crippen LogP contribution in [0.4, 0.5) is 17.1 Å². The highest BCUT2D eigenvalue weighted by Gasteiger charge is 2.27. The number of hydrogen-bond donors (Lipinski definition) is 4. The van der Waals surface area contributed by atoms with Gasteiger partial charge in [0, 0.05) is 16.1 Å². The Hall–Kier alpha value is -2.36. The normalized spacial score (nSPS) is 15.6. The minimum atomic E-state index is 0.0340. The van der Waals surface area contributed by atoms with E-state index in [1.54, 1.807) is 6.07 Å². The Morgan fingerprint density at radius 1 is 0.895 bits per heavy atom. The molecule has 0 saturated heterocycles. The minimum absolute atomic E-state index is 0.0340. The predicted octanol–water partition coefficient (Wildman–Crippen LogP) is 1.90. The van der Waals surface area contributed by atoms with Crippen LogP contribution in [0.25, 0.3) is 0 Å². The van der Waals surface area contributed by atoms with E-state index in [2.05, 4.69) is 12.1 Å². The molecule has 0 unspecified atom stereocenters. The Labute approximate surface area is 109 Å². The second-order valence-electron chi connectivity index (χ2n) is 5.41. The number of nitrogen functional groups attached to an aromatic ring is 3. The van der Waals surface area contributed by atoms with Gasteiger partial charge in [-0.05, 0) is 40.8 Å². The third kappa shape index (κ3) is 1.18. The van der Waals surface area contributed by atoms with Crippen molar-refractivity contribution in [1.82, 2.24) is 0 Å². The fourth-order valence-corrected chi connectivity index (χ4v) is 3.00. The zero-order valence-electron chi connectivity index (χ0n) is 10.4. The van der Waals surface area contributed by atoms with Crippen LogP contribution < -0.4 is 17.2 Å². The van der Waals surface area contributed by atoms with Gasteiger partial charge in [-0.2, -0.15) is 0 Å². The summed E-state index contributed by atoms with van der Waals surface area (Å²) in [5.41, 5.74) is 20.8. The Morgan fingerprint density at radius 3 is 2.26 bits per heavy atom. The lowest BCUT2D eigenvalue weighted by molar-refractivity contribution is 0.477. The van der Waals surface area contributed by atoms with Crippen LogP contribution in [0.2, 0.25) is 0 Å². The molecule has 19 heavy (non-hydrogen) atoms. The van der Waals surface area contributed by atoms with Crippen LogP contribution >= 0.6 is 0 Å². The van der Waals surface area contributed by atoms with Crippen LogP contribution in [0.3, 0.4) is 0 Å². The molecule has 4 heteroatoms. The number of benzene rings is 2. The van der Waals surface area contributed by atoms with Crippen LogP contribution in [-0.2, 0) is 0 Å². The number of rotatable bonds is 1. The van der Waals surface area contributed by atoms with Gasteiger partial charge in [0.05, 0.1) is 11.4 Å². The molecule has 2 aliphatic carbocycles. The smallest absolute Gasteiger partial charge is 0.141 e. The molecule has 0 bridgehead atoms. The van der Waals surface area contributed by atoms with Crippen molar-refractivity contribution in [1.29, 1.82) is 0 Å². The molecule has 7 N–H and O–H groups in total. The largest absolute Gasteiger partial charge is 0.506 e. The number of phenolic OH excluding ortho intramolecular Hbond substituents is 1. The third-order valence-corrected chi connectivity index (χ3v) is 4.22. The molecule has 0 amide bonds. The predicted molar refractivity (Wildman–Crippen MR) is 75.1 cm³/mol. The summed E-state index contributed by atoms with van der Waals surface area (Å²) in [6.45, 7) is 0. The van der Waals surface area contributed by atoms with Crippen molar-refractivity contribution in [2.75, 3.05) is 17.2 Å². The summed E-state index contributed by atoms with van der Waals surface area (Å²) in [6, 6.07) is 5.83. The Morgan fingerprint density at radius 2 is 1.58 bits per heavy atom. The van der Waals surface area contributed by atoms with Crippen molar-refractivity contribution in [3.63, 3.8) is 0 Å². The van der Waals surface area contributed by atoms with E-state index in [1.165, 1.54) is 18.4 Å². The molecular weight excluding hydrogens is 238 g/mol. The van der Waals surface area contributed by atoms with Crippen LogP contribution in [0.1, 0.15) is 24.3 Å². The standard InChI is InChI=1S/C15H15N3O/c16-13-7(6-1-2-6)3-4-8-9-5-10(19)14(17)15(18)12(9)11(8)13/h3-6,19H,1-2,16-18H2. The highest BCUT2D eigenvalue weighted by atomic mass is 16.3. The maximum absolute atomic E-state index is 9.75. The number of aromatic hydroxyl groups is 1. The van der Waals surface area contributed by atoms with Crippen molar-refractivity contribution in [2.24, 2.45) is 0 Å². The van der Waals surface area contributed by atoms with Crippen molar-refractivity contribution >= 4 is 17.1 Å². The SMILES string of the molecule is Nc1c(O)cc2c(c1N)=c1c(N)c(C3CC3)ccc1=2. The van der Waals surface area contributed by atoms with E-state index in [0.29, 0.717) is 11.6 Å². The Balaban J connectivity index is 2.20. The van der Waals surface area contributed by atoms with Gasteiger partial charge in [-0.1, -0.05) is 12.1 Å². The minimum Gasteiger partial charge on any atom is -0.506 e. The lowest BCUT2D eigenvalue weighted by Crippen LogP contribution is -2.06. The summed E-state index contributed by atoms with van der Waals surface area (Å²) in [6.07, 6.45) is 2.42. The first-order valence-electron chi connectivity index (χ1n) is 6.43. The average molecular weight is 253 g/mol. The zero-order valence-corrected chi connectivity index (χ0v) is 10.4. The molecule has 1 saturated carbocycles. The number of fused-ring (bicyclic) bond motifs is 2. The van der Waals surface area contributed by atoms with Gasteiger partial charge in [-0.25, -0.2) is 0 Å². The second-order valence-corrected chi connectivity index (χ2v) is 5.41. The quantitative estimate of drug-likeness (QED) is 0.393. The van der Waals surface area contributed by atoms with Crippen molar-refractivity contribution < 1.29 is 5.11 Å². The molecular formula is C15H15N3O. The first kappa shape index (κ1) is 10.6. The van der Waals surface area contributed by atoms with E-state index < -0.39 is 0 Å². The molecule has 2 aromatic carbocycles. The van der Waals surface area contributed by atoms with Gasteiger partial charge < -0.3 is 22.3 Å². The van der Waals surface area contributed by atoms with Gasteiger partial charge in [0.2, 0.25) is 0 Å². The first-order valence-corrected chi connectivity index (χ1v) is 6.43. The fourth-order valence-electron chi connectivity index (χ4n) is 3.00. The molecule has 2 aromatic rings. The molecule has 0 heterocycles. The number of hydrogen-bond acceptors (Lipinski definition) is 4. The van der Waals surface area contributed by atoms with Crippen molar-refractivity contribution in [3.8, 4) is 5.75 Å². The molecule has 0 spiro atoms. The molecule has 2 aliphatic rings. The van der Waals surface area contributed by atoms with Crippen LogP contribution in [0.15, 0.2) is 18.2 Å². The molecule has 4 nitrogen and oxygen atoms in total. The third-order valence-electron chi connectivity index (χ3n) is 4.22.